The molecule has 1 aliphatic carbocycles. The van der Waals surface area contributed by atoms with Crippen molar-refractivity contribution in [2.24, 2.45) is 5.92 Å². The fourth-order valence-electron chi connectivity index (χ4n) is 2.56. The fraction of sp³-hybridized carbons (Fsp3) is 0.923. The number of hydrogen-bond acceptors (Lipinski definition) is 2. The molecule has 1 fully saturated rings. The lowest BCUT2D eigenvalue weighted by molar-refractivity contribution is -0.130. The molecule has 0 aromatic heterocycles. The number of nitrogens with zero attached hydrogens (tertiary/aromatic N) is 1. The van der Waals surface area contributed by atoms with Gasteiger partial charge in [-0.05, 0) is 39.5 Å². The van der Waals surface area contributed by atoms with Gasteiger partial charge in [0, 0.05) is 19.1 Å². The molecule has 1 saturated carbocycles. The molecule has 0 aliphatic heterocycles. The van der Waals surface area contributed by atoms with E-state index in [2.05, 4.69) is 12.2 Å². The number of nitrogens with one attached hydrogen (secondary N) is 1. The maximum absolute atomic E-state index is 11.8. The molecule has 1 N–H and O–H groups in total. The van der Waals surface area contributed by atoms with Gasteiger partial charge in [-0.25, -0.2) is 0 Å². The molecule has 1 amide bonds. The van der Waals surface area contributed by atoms with E-state index in [1.54, 1.807) is 0 Å². The molecular weight excluding hydrogens is 200 g/mol. The van der Waals surface area contributed by atoms with Crippen LogP contribution in [0.2, 0.25) is 0 Å². The summed E-state index contributed by atoms with van der Waals surface area (Å²) in [6.07, 6.45) is 5.38. The molecule has 0 heterocycles. The molecule has 0 unspecified atom stereocenters. The van der Waals surface area contributed by atoms with Crippen molar-refractivity contribution < 1.29 is 4.79 Å². The fourth-order valence-corrected chi connectivity index (χ4v) is 2.56. The summed E-state index contributed by atoms with van der Waals surface area (Å²) in [5, 5.41) is 3.38. The zero-order chi connectivity index (χ0) is 12.0. The van der Waals surface area contributed by atoms with Crippen LogP contribution in [0.25, 0.3) is 0 Å². The van der Waals surface area contributed by atoms with Gasteiger partial charge in [-0.3, -0.25) is 4.79 Å². The molecule has 0 radical (unpaired) electrons. The van der Waals surface area contributed by atoms with E-state index < -0.39 is 0 Å². The van der Waals surface area contributed by atoms with Crippen molar-refractivity contribution in [2.45, 2.75) is 52.5 Å². The Balaban J connectivity index is 2.24. The van der Waals surface area contributed by atoms with Gasteiger partial charge in [0.1, 0.15) is 0 Å². The second-order valence-electron chi connectivity index (χ2n) is 4.78. The number of carbonyl (C=O) groups excluding carboxylic acids is 1. The average Bonchev–Trinajstić information content (AvgIpc) is 2.81. The van der Waals surface area contributed by atoms with Crippen LogP contribution in [-0.4, -0.2) is 36.5 Å². The lowest BCUT2D eigenvalue weighted by atomic mass is 10.00. The van der Waals surface area contributed by atoms with Crippen LogP contribution in [0.1, 0.15) is 46.5 Å². The summed E-state index contributed by atoms with van der Waals surface area (Å²) >= 11 is 0. The quantitative estimate of drug-likeness (QED) is 0.751. The highest BCUT2D eigenvalue weighted by Gasteiger charge is 2.22. The van der Waals surface area contributed by atoms with E-state index in [-0.39, 0.29) is 5.91 Å². The number of amides is 1. The summed E-state index contributed by atoms with van der Waals surface area (Å²) in [6, 6.07) is 0.488. The first-order chi connectivity index (χ1) is 7.69. The summed E-state index contributed by atoms with van der Waals surface area (Å²) in [5.41, 5.74) is 0. The molecule has 1 rings (SSSR count). The van der Waals surface area contributed by atoms with Crippen molar-refractivity contribution in [2.75, 3.05) is 19.6 Å². The largest absolute Gasteiger partial charge is 0.342 e. The van der Waals surface area contributed by atoms with Crippen LogP contribution in [0.4, 0.5) is 0 Å². The smallest absolute Gasteiger partial charge is 0.236 e. The summed E-state index contributed by atoms with van der Waals surface area (Å²) in [5.74, 6) is 1.01. The highest BCUT2D eigenvalue weighted by atomic mass is 16.2. The van der Waals surface area contributed by atoms with Crippen molar-refractivity contribution >= 4 is 5.91 Å². The first kappa shape index (κ1) is 13.5. The van der Waals surface area contributed by atoms with E-state index in [0.29, 0.717) is 12.6 Å². The normalized spacial score (nSPS) is 18.7. The second-order valence-corrected chi connectivity index (χ2v) is 4.78. The molecular formula is C13H26N2O. The Bertz CT molecular complexity index is 208. The number of hydrogen-bond donors (Lipinski definition) is 1. The molecule has 0 bridgehead atoms. The van der Waals surface area contributed by atoms with Gasteiger partial charge in [-0.1, -0.05) is 12.8 Å². The average molecular weight is 226 g/mol. The monoisotopic (exact) mass is 226 g/mol. The predicted molar refractivity (Wildman–Crippen MR) is 67.4 cm³/mol. The predicted octanol–water partition coefficient (Wildman–Crippen LogP) is 2.02. The summed E-state index contributed by atoms with van der Waals surface area (Å²) < 4.78 is 0. The first-order valence-electron chi connectivity index (χ1n) is 6.70. The van der Waals surface area contributed by atoms with Gasteiger partial charge in [0.05, 0.1) is 6.54 Å². The maximum Gasteiger partial charge on any atom is 0.236 e. The Morgan fingerprint density at radius 3 is 2.38 bits per heavy atom. The van der Waals surface area contributed by atoms with Gasteiger partial charge >= 0.3 is 0 Å². The molecule has 0 aromatic rings. The molecule has 3 heteroatoms. The van der Waals surface area contributed by atoms with Gasteiger partial charge in [-0.15, -0.1) is 0 Å². The molecule has 16 heavy (non-hydrogen) atoms. The van der Waals surface area contributed by atoms with E-state index in [4.69, 9.17) is 0 Å². The van der Waals surface area contributed by atoms with Crippen molar-refractivity contribution in [3.63, 3.8) is 0 Å². The van der Waals surface area contributed by atoms with E-state index >= 15 is 0 Å². The minimum atomic E-state index is 0.231. The Labute approximate surface area is 99.6 Å². The van der Waals surface area contributed by atoms with Crippen molar-refractivity contribution in [1.82, 2.24) is 10.2 Å². The summed E-state index contributed by atoms with van der Waals surface area (Å²) in [7, 11) is 0. The molecule has 0 spiro atoms. The zero-order valence-corrected chi connectivity index (χ0v) is 11.0. The number of likely N-dealkylation sites (N-methyl/N-ethyl adjacent to an activating group) is 1. The topological polar surface area (TPSA) is 32.3 Å². The van der Waals surface area contributed by atoms with Gasteiger partial charge in [-0.2, -0.15) is 0 Å². The van der Waals surface area contributed by atoms with Crippen molar-refractivity contribution in [3.05, 3.63) is 0 Å². The van der Waals surface area contributed by atoms with Crippen LogP contribution >= 0.6 is 0 Å². The van der Waals surface area contributed by atoms with Crippen LogP contribution in [0, 0.1) is 5.92 Å². The lowest BCUT2D eigenvalue weighted by Crippen LogP contribution is -2.42. The highest BCUT2D eigenvalue weighted by Crippen LogP contribution is 2.27. The third kappa shape index (κ3) is 3.78. The van der Waals surface area contributed by atoms with E-state index in [1.165, 1.54) is 25.7 Å². The molecule has 1 aliphatic rings. The van der Waals surface area contributed by atoms with Crippen molar-refractivity contribution in [1.29, 1.82) is 0 Å². The summed E-state index contributed by atoms with van der Waals surface area (Å²) in [4.78, 5) is 13.7. The number of rotatable bonds is 6. The third-order valence-corrected chi connectivity index (χ3v) is 3.80. The van der Waals surface area contributed by atoms with Crippen LogP contribution < -0.4 is 5.32 Å². The van der Waals surface area contributed by atoms with Crippen LogP contribution in [-0.2, 0) is 4.79 Å². The molecule has 94 valence electrons. The molecule has 3 nitrogen and oxygen atoms in total. The van der Waals surface area contributed by atoms with E-state index in [9.17, 15) is 4.79 Å². The van der Waals surface area contributed by atoms with Crippen LogP contribution in [0.5, 0.6) is 0 Å². The van der Waals surface area contributed by atoms with Gasteiger partial charge < -0.3 is 10.2 Å². The van der Waals surface area contributed by atoms with E-state index in [1.807, 2.05) is 18.7 Å². The summed E-state index contributed by atoms with van der Waals surface area (Å²) in [6.45, 7) is 8.40. The van der Waals surface area contributed by atoms with Crippen LogP contribution in [0.15, 0.2) is 0 Å². The minimum absolute atomic E-state index is 0.231. The zero-order valence-electron chi connectivity index (χ0n) is 11.0. The Morgan fingerprint density at radius 2 is 1.88 bits per heavy atom. The highest BCUT2D eigenvalue weighted by molar-refractivity contribution is 5.78. The van der Waals surface area contributed by atoms with Crippen molar-refractivity contribution in [3.8, 4) is 0 Å². The van der Waals surface area contributed by atoms with Gasteiger partial charge in [0.2, 0.25) is 5.91 Å². The number of carbonyl (C=O) groups is 1. The minimum Gasteiger partial charge on any atom is -0.342 e. The maximum atomic E-state index is 11.8. The molecule has 0 saturated heterocycles. The SMILES string of the molecule is CCN(CC)C(=O)CN[C@@H](C)C1CCCC1. The van der Waals surface area contributed by atoms with E-state index in [0.717, 1.165) is 19.0 Å². The molecule has 1 atom stereocenters. The van der Waals surface area contributed by atoms with Gasteiger partial charge in [0.15, 0.2) is 0 Å². The lowest BCUT2D eigenvalue weighted by Gasteiger charge is -2.23. The second kappa shape index (κ2) is 6.89. The van der Waals surface area contributed by atoms with Crippen LogP contribution in [0.3, 0.4) is 0 Å². The first-order valence-corrected chi connectivity index (χ1v) is 6.70. The Morgan fingerprint density at radius 1 is 1.31 bits per heavy atom. The molecule has 0 aromatic carbocycles. The standard InChI is InChI=1S/C13H26N2O/c1-4-15(5-2)13(16)10-14-11(3)12-8-6-7-9-12/h11-12,14H,4-10H2,1-3H3/t11-/m0/s1. The Hall–Kier alpha value is -0.570. The third-order valence-electron chi connectivity index (χ3n) is 3.80. The Kier molecular flexibility index (Phi) is 5.81. The van der Waals surface area contributed by atoms with Gasteiger partial charge in [0.25, 0.3) is 0 Å².